The zero-order valence-corrected chi connectivity index (χ0v) is 15.2. The minimum Gasteiger partial charge on any atom is -0.381 e. The maximum absolute atomic E-state index is 13.2. The summed E-state index contributed by atoms with van der Waals surface area (Å²) in [4.78, 5) is 18.8. The summed E-state index contributed by atoms with van der Waals surface area (Å²) in [6.07, 6.45) is -4.26. The first-order chi connectivity index (χ1) is 14.3. The van der Waals surface area contributed by atoms with E-state index in [0.717, 1.165) is 17.0 Å². The van der Waals surface area contributed by atoms with Crippen LogP contribution >= 0.6 is 0 Å². The quantitative estimate of drug-likeness (QED) is 0.364. The van der Waals surface area contributed by atoms with Crippen molar-refractivity contribution in [1.82, 2.24) is 19.7 Å². The molecule has 0 radical (unpaired) electrons. The maximum Gasteiger partial charge on any atom is 0.429 e. The van der Waals surface area contributed by atoms with Crippen molar-refractivity contribution in [3.05, 3.63) is 54.0 Å². The third-order valence-corrected chi connectivity index (χ3v) is 3.79. The lowest BCUT2D eigenvalue weighted by atomic mass is 10.0. The highest BCUT2D eigenvalue weighted by Gasteiger charge is 2.38. The third kappa shape index (κ3) is 4.96. The molecule has 2 aromatic heterocycles. The molecule has 0 unspecified atom stereocenters. The molecule has 14 heteroatoms. The number of halogens is 6. The predicted molar refractivity (Wildman–Crippen MR) is 93.7 cm³/mol. The van der Waals surface area contributed by atoms with Crippen LogP contribution in [-0.2, 0) is 17.1 Å². The third-order valence-electron chi connectivity index (χ3n) is 3.79. The molecule has 0 aliphatic carbocycles. The predicted octanol–water partition coefficient (Wildman–Crippen LogP) is 2.19. The van der Waals surface area contributed by atoms with Crippen LogP contribution in [0.5, 0.6) is 0 Å². The van der Waals surface area contributed by atoms with Gasteiger partial charge in [-0.05, 0) is 23.2 Å². The van der Waals surface area contributed by atoms with Crippen LogP contribution in [-0.4, -0.2) is 25.7 Å². The number of rotatable bonds is 4. The Balaban J connectivity index is 2.23. The molecule has 8 nitrogen and oxygen atoms in total. The fraction of sp³-hybridized carbons (Fsp3) is 0.118. The van der Waals surface area contributed by atoms with Crippen LogP contribution in [0.3, 0.4) is 0 Å². The Hall–Kier alpha value is -3.97. The van der Waals surface area contributed by atoms with Crippen molar-refractivity contribution in [2.75, 3.05) is 5.73 Å². The van der Waals surface area contributed by atoms with Crippen LogP contribution < -0.4 is 16.0 Å². The number of nitrogen functional groups attached to an aromatic ring is 1. The molecule has 0 aliphatic heterocycles. The monoisotopic (exact) mass is 444 g/mol. The van der Waals surface area contributed by atoms with Gasteiger partial charge in [-0.15, -0.1) is 4.68 Å². The zero-order valence-electron chi connectivity index (χ0n) is 15.2. The van der Waals surface area contributed by atoms with E-state index < -0.39 is 40.8 Å². The Morgan fingerprint density at radius 3 is 2.19 bits per heavy atom. The second-order valence-corrected chi connectivity index (χ2v) is 6.08. The van der Waals surface area contributed by atoms with E-state index in [4.69, 9.17) is 11.5 Å². The number of anilines is 1. The first kappa shape index (κ1) is 21.7. The number of aromatic nitrogens is 5. The Labute approximate surface area is 169 Å². The molecule has 162 valence electrons. The van der Waals surface area contributed by atoms with Gasteiger partial charge in [-0.25, -0.2) is 9.55 Å². The normalized spacial score (nSPS) is 12.5. The second-order valence-electron chi connectivity index (χ2n) is 6.08. The molecule has 0 atom stereocenters. The Morgan fingerprint density at radius 1 is 1.06 bits per heavy atom. The van der Waals surface area contributed by atoms with E-state index in [2.05, 4.69) is 15.1 Å². The number of hydrogen-bond acceptors (Lipinski definition) is 5. The van der Waals surface area contributed by atoms with E-state index in [-0.39, 0.29) is 17.8 Å². The van der Waals surface area contributed by atoms with Gasteiger partial charge < -0.3 is 11.5 Å². The zero-order chi connectivity index (χ0) is 23.0. The number of hydrogen-bond donors (Lipinski definition) is 2. The maximum atomic E-state index is 13.2. The molecule has 0 bridgehead atoms. The summed E-state index contributed by atoms with van der Waals surface area (Å²) in [5.74, 6) is -1.41. The number of amides is 1. The van der Waals surface area contributed by atoms with Crippen LogP contribution in [0.2, 0.25) is 0 Å². The fourth-order valence-electron chi connectivity index (χ4n) is 2.48. The molecular weight excluding hydrogens is 432 g/mol. The van der Waals surface area contributed by atoms with E-state index in [1.165, 1.54) is 23.2 Å². The van der Waals surface area contributed by atoms with Crippen molar-refractivity contribution < 1.29 is 35.7 Å². The van der Waals surface area contributed by atoms with Gasteiger partial charge in [-0.1, -0.05) is 5.10 Å². The molecule has 4 N–H and O–H groups in total. The van der Waals surface area contributed by atoms with E-state index in [1.54, 1.807) is 0 Å². The standard InChI is InChI=1S/C17H11F6N7O/c18-16(19,20)10-5-9(6-11(7-10)17(21,22)23)14-27-15(29-4-2-26-12(24)8-29)30(28-14)3-1-13(25)31/h1-8H,(H3-,24,25,26,31)/p+1. The number of nitrogens with zero attached hydrogens (tertiary/aromatic N) is 5. The molecule has 0 aliphatic rings. The van der Waals surface area contributed by atoms with E-state index in [1.807, 2.05) is 0 Å². The largest absolute Gasteiger partial charge is 0.429 e. The Kier molecular flexibility index (Phi) is 5.40. The minimum atomic E-state index is -5.04. The number of carbonyl (C=O) groups is 1. The molecule has 1 amide bonds. The van der Waals surface area contributed by atoms with Crippen molar-refractivity contribution in [3.63, 3.8) is 0 Å². The molecule has 0 saturated heterocycles. The van der Waals surface area contributed by atoms with Crippen LogP contribution in [0.15, 0.2) is 42.9 Å². The molecule has 31 heavy (non-hydrogen) atoms. The van der Waals surface area contributed by atoms with Crippen molar-refractivity contribution in [1.29, 1.82) is 0 Å². The van der Waals surface area contributed by atoms with E-state index in [9.17, 15) is 31.1 Å². The van der Waals surface area contributed by atoms with Gasteiger partial charge >= 0.3 is 18.3 Å². The number of carbonyl (C=O) groups excluding carboxylic acids is 1. The summed E-state index contributed by atoms with van der Waals surface area (Å²) >= 11 is 0. The van der Waals surface area contributed by atoms with Gasteiger partial charge in [0.15, 0.2) is 5.82 Å². The lowest BCUT2D eigenvalue weighted by Crippen LogP contribution is -2.34. The topological polar surface area (TPSA) is 117 Å². The lowest BCUT2D eigenvalue weighted by molar-refractivity contribution is -0.604. The van der Waals surface area contributed by atoms with Gasteiger partial charge in [-0.3, -0.25) is 4.79 Å². The molecule has 0 spiro atoms. The van der Waals surface area contributed by atoms with Gasteiger partial charge in [0.1, 0.15) is 6.20 Å². The van der Waals surface area contributed by atoms with Gasteiger partial charge in [0.25, 0.3) is 5.82 Å². The van der Waals surface area contributed by atoms with E-state index >= 15 is 0 Å². The summed E-state index contributed by atoms with van der Waals surface area (Å²) in [6.45, 7) is 0. The Bertz CT molecular complexity index is 1130. The van der Waals surface area contributed by atoms with E-state index in [0.29, 0.717) is 12.1 Å². The van der Waals surface area contributed by atoms with Gasteiger partial charge in [0.2, 0.25) is 5.91 Å². The molecular formula is C17H12F6N7O+. The van der Waals surface area contributed by atoms with Crippen LogP contribution in [0.25, 0.3) is 23.5 Å². The average molecular weight is 444 g/mol. The second kappa shape index (κ2) is 7.70. The molecule has 0 saturated carbocycles. The molecule has 0 fully saturated rings. The summed E-state index contributed by atoms with van der Waals surface area (Å²) in [5.41, 5.74) is 7.03. The number of nitrogens with two attached hydrogens (primary N) is 2. The average Bonchev–Trinajstić information content (AvgIpc) is 3.09. The minimum absolute atomic E-state index is 0.00723. The highest BCUT2D eigenvalue weighted by atomic mass is 19.4. The van der Waals surface area contributed by atoms with Gasteiger partial charge in [-0.2, -0.15) is 26.3 Å². The molecule has 2 heterocycles. The SMILES string of the molecule is NC(=O)C=Cn1nc(-c2cc(C(F)(F)F)cc(C(F)(F)F)c2)nc1-[n+]1ccnc(N)c1. The number of primary amides is 1. The van der Waals surface area contributed by atoms with Crippen molar-refractivity contribution in [2.45, 2.75) is 12.4 Å². The summed E-state index contributed by atoms with van der Waals surface area (Å²) in [5, 5.41) is 3.90. The number of alkyl halides is 6. The summed E-state index contributed by atoms with van der Waals surface area (Å²) in [6, 6.07) is 0.969. The van der Waals surface area contributed by atoms with Crippen molar-refractivity contribution >= 4 is 17.9 Å². The molecule has 1 aromatic carbocycles. The highest BCUT2D eigenvalue weighted by molar-refractivity contribution is 5.88. The van der Waals surface area contributed by atoms with Gasteiger partial charge in [0, 0.05) is 11.6 Å². The van der Waals surface area contributed by atoms with Gasteiger partial charge in [0.05, 0.1) is 29.7 Å². The first-order valence-corrected chi connectivity index (χ1v) is 8.22. The smallest absolute Gasteiger partial charge is 0.381 e. The number of benzene rings is 1. The van der Waals surface area contributed by atoms with Crippen LogP contribution in [0.1, 0.15) is 11.1 Å². The fourth-order valence-corrected chi connectivity index (χ4v) is 2.48. The highest BCUT2D eigenvalue weighted by Crippen LogP contribution is 2.38. The van der Waals surface area contributed by atoms with Crippen molar-refractivity contribution in [2.24, 2.45) is 5.73 Å². The Morgan fingerprint density at radius 2 is 1.68 bits per heavy atom. The van der Waals surface area contributed by atoms with Crippen LogP contribution in [0.4, 0.5) is 32.2 Å². The lowest BCUT2D eigenvalue weighted by Gasteiger charge is -2.12. The first-order valence-electron chi connectivity index (χ1n) is 8.22. The summed E-state index contributed by atoms with van der Waals surface area (Å²) in [7, 11) is 0. The van der Waals surface area contributed by atoms with Crippen molar-refractivity contribution in [3.8, 4) is 17.3 Å². The molecule has 3 rings (SSSR count). The summed E-state index contributed by atoms with van der Waals surface area (Å²) < 4.78 is 81.1. The molecule has 3 aromatic rings. The van der Waals surface area contributed by atoms with Crippen LogP contribution in [0, 0.1) is 0 Å².